The number of hydrogen-bond donors (Lipinski definition) is 0. The highest BCUT2D eigenvalue weighted by Crippen LogP contribution is 2.45. The molecule has 1 fully saturated rings. The molecule has 1 aromatic carbocycles. The zero-order valence-electron chi connectivity index (χ0n) is 17.2. The van der Waals surface area contributed by atoms with Gasteiger partial charge >= 0.3 is 5.97 Å². The molecule has 0 N–H and O–H groups in total. The van der Waals surface area contributed by atoms with Crippen LogP contribution in [-0.2, 0) is 26.8 Å². The monoisotopic (exact) mass is 420 g/mol. The number of rotatable bonds is 9. The third-order valence-electron chi connectivity index (χ3n) is 5.48. The summed E-state index contributed by atoms with van der Waals surface area (Å²) in [7, 11) is 0. The van der Waals surface area contributed by atoms with Gasteiger partial charge in [-0.3, -0.25) is 0 Å². The fourth-order valence-electron chi connectivity index (χ4n) is 4.20. The molecular formula is C22H29ClN2O4. The van der Waals surface area contributed by atoms with Gasteiger partial charge in [0.15, 0.2) is 0 Å². The van der Waals surface area contributed by atoms with Gasteiger partial charge < -0.3 is 23.8 Å². The van der Waals surface area contributed by atoms with Gasteiger partial charge in [-0.15, -0.1) is 0 Å². The van der Waals surface area contributed by atoms with Crippen molar-refractivity contribution in [2.75, 3.05) is 39.5 Å². The number of benzene rings is 1. The Balaban J connectivity index is 1.55. The van der Waals surface area contributed by atoms with Gasteiger partial charge in [0.2, 0.25) is 0 Å². The van der Waals surface area contributed by atoms with E-state index in [1.54, 1.807) is 0 Å². The molecule has 6 nitrogen and oxygen atoms in total. The molecule has 0 aliphatic carbocycles. The van der Waals surface area contributed by atoms with Crippen molar-refractivity contribution in [3.63, 3.8) is 0 Å². The Morgan fingerprint density at radius 1 is 1.17 bits per heavy atom. The number of fused-ring (bicyclic) bond motifs is 3. The number of aromatic nitrogens is 1. The summed E-state index contributed by atoms with van der Waals surface area (Å²) >= 11 is 6.48. The SMILES string of the molecule is CCOC1(OCC)OCc2c(Cl)nc3cc(OCCCN4CCCC4)ccc3c21. The van der Waals surface area contributed by atoms with E-state index in [0.717, 1.165) is 40.7 Å². The first-order valence-corrected chi connectivity index (χ1v) is 10.9. The maximum Gasteiger partial charge on any atom is 0.313 e. The number of nitrogens with zero attached hydrogens (tertiary/aromatic N) is 2. The van der Waals surface area contributed by atoms with Crippen LogP contribution in [0.3, 0.4) is 0 Å². The normalized spacial score (nSPS) is 18.4. The van der Waals surface area contributed by atoms with Crippen molar-refractivity contribution in [3.8, 4) is 5.75 Å². The van der Waals surface area contributed by atoms with E-state index in [1.807, 2.05) is 32.0 Å². The highest BCUT2D eigenvalue weighted by atomic mass is 35.5. The van der Waals surface area contributed by atoms with Crippen LogP contribution in [0.25, 0.3) is 10.9 Å². The maximum atomic E-state index is 6.48. The van der Waals surface area contributed by atoms with Gasteiger partial charge in [0, 0.05) is 36.8 Å². The van der Waals surface area contributed by atoms with Crippen LogP contribution >= 0.6 is 11.6 Å². The Hall–Kier alpha value is -1.44. The van der Waals surface area contributed by atoms with Crippen molar-refractivity contribution in [1.29, 1.82) is 0 Å². The summed E-state index contributed by atoms with van der Waals surface area (Å²) in [6, 6.07) is 5.89. The molecule has 2 aliphatic rings. The van der Waals surface area contributed by atoms with Crippen LogP contribution in [0.1, 0.15) is 44.2 Å². The Bertz CT molecular complexity index is 848. The summed E-state index contributed by atoms with van der Waals surface area (Å²) in [5.41, 5.74) is 2.39. The Kier molecular flexibility index (Phi) is 6.56. The van der Waals surface area contributed by atoms with Crippen molar-refractivity contribution in [1.82, 2.24) is 9.88 Å². The quantitative estimate of drug-likeness (QED) is 0.339. The molecule has 158 valence electrons. The van der Waals surface area contributed by atoms with E-state index in [-0.39, 0.29) is 0 Å². The summed E-state index contributed by atoms with van der Waals surface area (Å²) in [6.45, 7) is 9.27. The van der Waals surface area contributed by atoms with E-state index >= 15 is 0 Å². The molecule has 0 spiro atoms. The second kappa shape index (κ2) is 9.14. The van der Waals surface area contributed by atoms with E-state index in [1.165, 1.54) is 25.9 Å². The second-order valence-electron chi connectivity index (χ2n) is 7.40. The van der Waals surface area contributed by atoms with Crippen molar-refractivity contribution < 1.29 is 18.9 Å². The second-order valence-corrected chi connectivity index (χ2v) is 7.75. The molecule has 1 saturated heterocycles. The molecule has 2 aromatic rings. The number of ether oxygens (including phenoxy) is 4. The lowest BCUT2D eigenvalue weighted by molar-refractivity contribution is -0.383. The number of hydrogen-bond acceptors (Lipinski definition) is 6. The first-order chi connectivity index (χ1) is 14.2. The van der Waals surface area contributed by atoms with Gasteiger partial charge in [-0.2, -0.15) is 0 Å². The van der Waals surface area contributed by atoms with Crippen molar-refractivity contribution in [2.24, 2.45) is 0 Å². The number of pyridine rings is 1. The first kappa shape index (κ1) is 20.8. The van der Waals surface area contributed by atoms with E-state index in [4.69, 9.17) is 30.5 Å². The van der Waals surface area contributed by atoms with Crippen molar-refractivity contribution >= 4 is 22.5 Å². The molecule has 1 aromatic heterocycles. The summed E-state index contributed by atoms with van der Waals surface area (Å²) in [4.78, 5) is 7.07. The summed E-state index contributed by atoms with van der Waals surface area (Å²) in [5, 5.41) is 1.33. The third kappa shape index (κ3) is 4.23. The standard InChI is InChI=1S/C22H29ClN2O4/c1-3-27-22(28-4-2)20-17-9-8-16(26-13-7-12-25-10-5-6-11-25)14-19(17)24-21(23)18(20)15-29-22/h8-9,14H,3-7,10-13,15H2,1-2H3. The van der Waals surface area contributed by atoms with Crippen molar-refractivity contribution in [3.05, 3.63) is 34.5 Å². The fraction of sp³-hybridized carbons (Fsp3) is 0.591. The average molecular weight is 421 g/mol. The molecule has 3 heterocycles. The minimum Gasteiger partial charge on any atom is -0.493 e. The molecule has 0 saturated carbocycles. The first-order valence-electron chi connectivity index (χ1n) is 10.6. The highest BCUT2D eigenvalue weighted by Gasteiger charge is 2.45. The van der Waals surface area contributed by atoms with Crippen LogP contribution in [0, 0.1) is 0 Å². The molecular weight excluding hydrogens is 392 g/mol. The molecule has 0 bridgehead atoms. The van der Waals surface area contributed by atoms with Gasteiger partial charge in [-0.05, 0) is 58.3 Å². The number of halogens is 1. The lowest BCUT2D eigenvalue weighted by atomic mass is 10.0. The van der Waals surface area contributed by atoms with Crippen LogP contribution in [0.15, 0.2) is 18.2 Å². The van der Waals surface area contributed by atoms with Gasteiger partial charge in [0.05, 0.1) is 24.3 Å². The number of likely N-dealkylation sites (tertiary alicyclic amines) is 1. The molecule has 0 radical (unpaired) electrons. The van der Waals surface area contributed by atoms with Gasteiger partial charge in [-0.1, -0.05) is 11.6 Å². The van der Waals surface area contributed by atoms with Crippen LogP contribution < -0.4 is 4.74 Å². The Labute approximate surface area is 177 Å². The zero-order valence-corrected chi connectivity index (χ0v) is 18.0. The lowest BCUT2D eigenvalue weighted by Gasteiger charge is -2.29. The highest BCUT2D eigenvalue weighted by molar-refractivity contribution is 6.30. The summed E-state index contributed by atoms with van der Waals surface area (Å²) in [6.07, 6.45) is 3.65. The smallest absolute Gasteiger partial charge is 0.313 e. The minimum absolute atomic E-state index is 0.311. The molecule has 0 atom stereocenters. The Morgan fingerprint density at radius 3 is 2.66 bits per heavy atom. The largest absolute Gasteiger partial charge is 0.493 e. The van der Waals surface area contributed by atoms with Crippen molar-refractivity contribution in [2.45, 2.75) is 45.7 Å². The van der Waals surface area contributed by atoms with Crippen LogP contribution in [0.2, 0.25) is 5.15 Å². The van der Waals surface area contributed by atoms with Gasteiger partial charge in [0.1, 0.15) is 10.9 Å². The lowest BCUT2D eigenvalue weighted by Crippen LogP contribution is -2.33. The molecule has 2 aliphatic heterocycles. The zero-order chi connectivity index (χ0) is 20.3. The maximum absolute atomic E-state index is 6.48. The van der Waals surface area contributed by atoms with Crippen LogP contribution in [0.5, 0.6) is 5.75 Å². The Morgan fingerprint density at radius 2 is 1.93 bits per heavy atom. The fourth-order valence-corrected chi connectivity index (χ4v) is 4.44. The molecule has 0 unspecified atom stereocenters. The van der Waals surface area contributed by atoms with E-state index in [2.05, 4.69) is 9.88 Å². The molecule has 0 amide bonds. The topological polar surface area (TPSA) is 53.1 Å². The van der Waals surface area contributed by atoms with E-state index < -0.39 is 5.97 Å². The molecule has 4 rings (SSSR count). The summed E-state index contributed by atoms with van der Waals surface area (Å²) < 4.78 is 23.7. The van der Waals surface area contributed by atoms with Crippen LogP contribution in [0.4, 0.5) is 0 Å². The molecule has 29 heavy (non-hydrogen) atoms. The molecule has 7 heteroatoms. The minimum atomic E-state index is -1.23. The van der Waals surface area contributed by atoms with Gasteiger partial charge in [-0.25, -0.2) is 4.98 Å². The van der Waals surface area contributed by atoms with Crippen LogP contribution in [-0.4, -0.2) is 49.3 Å². The van der Waals surface area contributed by atoms with E-state index in [9.17, 15) is 0 Å². The predicted octanol–water partition coefficient (Wildman–Crippen LogP) is 4.47. The third-order valence-corrected chi connectivity index (χ3v) is 5.79. The van der Waals surface area contributed by atoms with E-state index in [0.29, 0.717) is 31.6 Å². The van der Waals surface area contributed by atoms with Gasteiger partial charge in [0.25, 0.3) is 0 Å². The summed E-state index contributed by atoms with van der Waals surface area (Å²) in [5.74, 6) is -0.443. The average Bonchev–Trinajstić information content (AvgIpc) is 3.35. The predicted molar refractivity (Wildman–Crippen MR) is 112 cm³/mol.